The van der Waals surface area contributed by atoms with Gasteiger partial charge in [-0.3, -0.25) is 23.8 Å². The van der Waals surface area contributed by atoms with Gasteiger partial charge in [-0.15, -0.1) is 0 Å². The Morgan fingerprint density at radius 2 is 1.81 bits per heavy atom. The lowest BCUT2D eigenvalue weighted by atomic mass is 10.1. The van der Waals surface area contributed by atoms with Crippen LogP contribution in [0.1, 0.15) is 30.0 Å². The zero-order valence-corrected chi connectivity index (χ0v) is 22.1. The van der Waals surface area contributed by atoms with Gasteiger partial charge in [-0.25, -0.2) is 4.98 Å². The molecule has 0 atom stereocenters. The molecule has 2 fully saturated rings. The molecule has 0 unspecified atom stereocenters. The summed E-state index contributed by atoms with van der Waals surface area (Å²) < 4.78 is 2.11. The lowest BCUT2D eigenvalue weighted by molar-refractivity contribution is -0.122. The van der Waals surface area contributed by atoms with E-state index >= 15 is 0 Å². The second-order valence-electron chi connectivity index (χ2n) is 9.12. The largest absolute Gasteiger partial charge is 0.353 e. The Kier molecular flexibility index (Phi) is 7.22. The summed E-state index contributed by atoms with van der Waals surface area (Å²) in [5, 5.41) is 0. The minimum absolute atomic E-state index is 0.140. The molecule has 2 aliphatic heterocycles. The topological polar surface area (TPSA) is 61.2 Å². The van der Waals surface area contributed by atoms with Crippen molar-refractivity contribution in [2.24, 2.45) is 0 Å². The van der Waals surface area contributed by atoms with E-state index in [1.165, 1.54) is 17.3 Å². The maximum absolute atomic E-state index is 13.7. The van der Waals surface area contributed by atoms with Crippen molar-refractivity contribution in [3.8, 4) is 0 Å². The van der Waals surface area contributed by atoms with Crippen LogP contribution in [0, 0.1) is 6.92 Å². The number of fused-ring (bicyclic) bond motifs is 1. The molecule has 1 aromatic carbocycles. The van der Waals surface area contributed by atoms with Crippen molar-refractivity contribution >= 4 is 51.7 Å². The van der Waals surface area contributed by atoms with E-state index in [0.29, 0.717) is 32.8 Å². The molecule has 186 valence electrons. The lowest BCUT2D eigenvalue weighted by Crippen LogP contribution is -2.47. The molecule has 2 aliphatic rings. The van der Waals surface area contributed by atoms with Crippen LogP contribution in [0.4, 0.5) is 5.82 Å². The van der Waals surface area contributed by atoms with Crippen LogP contribution in [0.2, 0.25) is 0 Å². The third kappa shape index (κ3) is 4.83. The molecule has 0 aliphatic carbocycles. The number of thiocarbonyl (C=S) groups is 1. The van der Waals surface area contributed by atoms with Crippen molar-refractivity contribution in [1.82, 2.24) is 19.2 Å². The standard InChI is InChI=1S/C27H29N5O2S2/c1-3-11-32-26(34)22(36-27(32)35)17-21-24(28-23-19(2)8-7-12-31(23)25(21)33)30-15-13-29(14-16-30)18-20-9-5-4-6-10-20/h4-10,12,17H,3,11,13-16,18H2,1-2H3. The maximum Gasteiger partial charge on any atom is 0.267 e. The van der Waals surface area contributed by atoms with E-state index in [0.717, 1.165) is 44.7 Å². The normalized spacial score (nSPS) is 18.1. The predicted molar refractivity (Wildman–Crippen MR) is 150 cm³/mol. The van der Waals surface area contributed by atoms with Crippen molar-refractivity contribution in [2.45, 2.75) is 26.8 Å². The number of hydrogen-bond acceptors (Lipinski definition) is 7. The van der Waals surface area contributed by atoms with Crippen LogP contribution >= 0.6 is 24.0 Å². The molecule has 0 spiro atoms. The average molecular weight is 520 g/mol. The highest BCUT2D eigenvalue weighted by atomic mass is 32.2. The fourth-order valence-corrected chi connectivity index (χ4v) is 5.97. The number of hydrogen-bond donors (Lipinski definition) is 0. The van der Waals surface area contributed by atoms with E-state index in [1.54, 1.807) is 21.6 Å². The predicted octanol–water partition coefficient (Wildman–Crippen LogP) is 3.94. The van der Waals surface area contributed by atoms with Gasteiger partial charge in [-0.2, -0.15) is 0 Å². The van der Waals surface area contributed by atoms with Gasteiger partial charge in [0.2, 0.25) is 0 Å². The summed E-state index contributed by atoms with van der Waals surface area (Å²) >= 11 is 6.70. The number of nitrogens with zero attached hydrogens (tertiary/aromatic N) is 5. The highest BCUT2D eigenvalue weighted by Gasteiger charge is 2.32. The number of anilines is 1. The van der Waals surface area contributed by atoms with Crippen molar-refractivity contribution in [1.29, 1.82) is 0 Å². The number of carbonyl (C=O) groups excluding carboxylic acids is 1. The van der Waals surface area contributed by atoms with Gasteiger partial charge in [-0.1, -0.05) is 67.3 Å². The summed E-state index contributed by atoms with van der Waals surface area (Å²) in [6, 6.07) is 14.3. The van der Waals surface area contributed by atoms with Crippen LogP contribution < -0.4 is 10.5 Å². The first-order chi connectivity index (χ1) is 17.5. The summed E-state index contributed by atoms with van der Waals surface area (Å²) in [4.78, 5) is 38.4. The quantitative estimate of drug-likeness (QED) is 0.361. The fraction of sp³-hybridized carbons (Fsp3) is 0.333. The van der Waals surface area contributed by atoms with Crippen LogP contribution in [0.3, 0.4) is 0 Å². The molecule has 2 saturated heterocycles. The van der Waals surface area contributed by atoms with Gasteiger partial charge in [0, 0.05) is 45.5 Å². The van der Waals surface area contributed by atoms with E-state index in [2.05, 4.69) is 34.1 Å². The van der Waals surface area contributed by atoms with Crippen LogP contribution in [0.15, 0.2) is 58.4 Å². The van der Waals surface area contributed by atoms with Crippen molar-refractivity contribution in [2.75, 3.05) is 37.6 Å². The summed E-state index contributed by atoms with van der Waals surface area (Å²) in [7, 11) is 0. The number of piperazine rings is 1. The molecular weight excluding hydrogens is 490 g/mol. The third-order valence-electron chi connectivity index (χ3n) is 6.58. The molecule has 0 N–H and O–H groups in total. The third-order valence-corrected chi connectivity index (χ3v) is 7.96. The molecule has 2 aromatic heterocycles. The van der Waals surface area contributed by atoms with Gasteiger partial charge in [0.25, 0.3) is 11.5 Å². The maximum atomic E-state index is 13.7. The molecule has 7 nitrogen and oxygen atoms in total. The SMILES string of the molecule is CCCN1C(=O)C(=Cc2c(N3CCN(Cc4ccccc4)CC3)nc3c(C)cccn3c2=O)SC1=S. The van der Waals surface area contributed by atoms with E-state index < -0.39 is 0 Å². The number of thioether (sulfide) groups is 1. The van der Waals surface area contributed by atoms with E-state index in [9.17, 15) is 9.59 Å². The number of benzene rings is 1. The van der Waals surface area contributed by atoms with Crippen LogP contribution in [-0.4, -0.2) is 62.1 Å². The van der Waals surface area contributed by atoms with Crippen molar-refractivity contribution < 1.29 is 4.79 Å². The smallest absolute Gasteiger partial charge is 0.267 e. The van der Waals surface area contributed by atoms with Crippen LogP contribution in [-0.2, 0) is 11.3 Å². The lowest BCUT2D eigenvalue weighted by Gasteiger charge is -2.36. The molecule has 0 radical (unpaired) electrons. The number of amides is 1. The Bertz CT molecular complexity index is 1390. The van der Waals surface area contributed by atoms with Crippen molar-refractivity contribution in [3.05, 3.63) is 80.6 Å². The summed E-state index contributed by atoms with van der Waals surface area (Å²) in [6.45, 7) is 8.67. The first-order valence-corrected chi connectivity index (χ1v) is 13.5. The fourth-order valence-electron chi connectivity index (χ4n) is 4.67. The highest BCUT2D eigenvalue weighted by Crippen LogP contribution is 2.33. The van der Waals surface area contributed by atoms with E-state index in [1.807, 2.05) is 32.0 Å². The number of aryl methyl sites for hydroxylation is 1. The average Bonchev–Trinajstić information content (AvgIpc) is 3.15. The molecule has 4 heterocycles. The minimum atomic E-state index is -0.175. The van der Waals surface area contributed by atoms with E-state index in [4.69, 9.17) is 17.2 Å². The zero-order chi connectivity index (χ0) is 25.2. The van der Waals surface area contributed by atoms with Crippen LogP contribution in [0.25, 0.3) is 11.7 Å². The molecular formula is C27H29N5O2S2. The Morgan fingerprint density at radius 3 is 2.53 bits per heavy atom. The number of carbonyl (C=O) groups is 1. The number of aromatic nitrogens is 2. The van der Waals surface area contributed by atoms with Crippen LogP contribution in [0.5, 0.6) is 0 Å². The Hall–Kier alpha value is -3.01. The minimum Gasteiger partial charge on any atom is -0.353 e. The molecule has 1 amide bonds. The zero-order valence-electron chi connectivity index (χ0n) is 20.5. The Morgan fingerprint density at radius 1 is 1.06 bits per heavy atom. The monoisotopic (exact) mass is 519 g/mol. The highest BCUT2D eigenvalue weighted by molar-refractivity contribution is 8.26. The molecule has 0 saturated carbocycles. The molecule has 36 heavy (non-hydrogen) atoms. The van der Waals surface area contributed by atoms with Gasteiger partial charge >= 0.3 is 0 Å². The second-order valence-corrected chi connectivity index (χ2v) is 10.8. The Balaban J connectivity index is 1.50. The second kappa shape index (κ2) is 10.5. The first-order valence-electron chi connectivity index (χ1n) is 12.2. The van der Waals surface area contributed by atoms with Gasteiger partial charge in [0.05, 0.1) is 10.5 Å². The van der Waals surface area contributed by atoms with Gasteiger partial charge in [0.1, 0.15) is 15.8 Å². The summed E-state index contributed by atoms with van der Waals surface area (Å²) in [5.41, 5.74) is 3.12. The summed E-state index contributed by atoms with van der Waals surface area (Å²) in [6.07, 6.45) is 4.25. The first kappa shape index (κ1) is 24.7. The Labute approximate surface area is 220 Å². The summed E-state index contributed by atoms with van der Waals surface area (Å²) in [5.74, 6) is 0.494. The van der Waals surface area contributed by atoms with Crippen molar-refractivity contribution in [3.63, 3.8) is 0 Å². The van der Waals surface area contributed by atoms with Gasteiger partial charge < -0.3 is 4.90 Å². The molecule has 9 heteroatoms. The van der Waals surface area contributed by atoms with Gasteiger partial charge in [-0.05, 0) is 36.6 Å². The molecule has 3 aromatic rings. The molecule has 0 bridgehead atoms. The number of pyridine rings is 1. The van der Waals surface area contributed by atoms with E-state index in [-0.39, 0.29) is 11.5 Å². The molecule has 5 rings (SSSR count). The number of rotatable bonds is 6. The van der Waals surface area contributed by atoms with Gasteiger partial charge in [0.15, 0.2) is 0 Å².